The molecular weight excluding hydrogens is 216 g/mol. The highest BCUT2D eigenvalue weighted by molar-refractivity contribution is 6.99. The summed E-state index contributed by atoms with van der Waals surface area (Å²) in [6, 6.07) is 0. The van der Waals surface area contributed by atoms with E-state index in [1.807, 2.05) is 0 Å². The Morgan fingerprint density at radius 2 is 2.53 bits per heavy atom. The number of aliphatic hydroxyl groups excluding tert-OH is 1. The fourth-order valence-electron chi connectivity index (χ4n) is 0.956. The zero-order valence-electron chi connectivity index (χ0n) is 8.43. The normalized spacial score (nSPS) is 12.7. The molecule has 1 atom stereocenters. The SMILES string of the molecule is NCCCNCC(O)COc1cnsn1. The van der Waals surface area contributed by atoms with Crippen molar-refractivity contribution >= 4 is 11.7 Å². The van der Waals surface area contributed by atoms with E-state index in [9.17, 15) is 5.11 Å². The molecular formula is C8H16N4O2S. The van der Waals surface area contributed by atoms with Gasteiger partial charge in [-0.3, -0.25) is 0 Å². The third-order valence-corrected chi connectivity index (χ3v) is 2.16. The molecule has 0 aliphatic carbocycles. The number of ether oxygens (including phenoxy) is 1. The molecule has 1 heterocycles. The van der Waals surface area contributed by atoms with E-state index < -0.39 is 6.10 Å². The predicted octanol–water partition coefficient (Wildman–Crippen LogP) is -0.784. The molecule has 4 N–H and O–H groups in total. The first-order valence-electron chi connectivity index (χ1n) is 4.82. The van der Waals surface area contributed by atoms with E-state index in [2.05, 4.69) is 14.1 Å². The number of aromatic nitrogens is 2. The van der Waals surface area contributed by atoms with Crippen LogP contribution < -0.4 is 15.8 Å². The van der Waals surface area contributed by atoms with E-state index in [0.29, 0.717) is 19.0 Å². The lowest BCUT2D eigenvalue weighted by atomic mass is 10.3. The van der Waals surface area contributed by atoms with Crippen molar-refractivity contribution in [2.75, 3.05) is 26.2 Å². The van der Waals surface area contributed by atoms with Gasteiger partial charge in [-0.2, -0.15) is 4.37 Å². The number of nitrogens with zero attached hydrogens (tertiary/aromatic N) is 2. The van der Waals surface area contributed by atoms with Crippen LogP contribution in [0.5, 0.6) is 5.88 Å². The third kappa shape index (κ3) is 5.63. The van der Waals surface area contributed by atoms with Gasteiger partial charge in [0.05, 0.1) is 11.7 Å². The predicted molar refractivity (Wildman–Crippen MR) is 58.0 cm³/mol. The minimum absolute atomic E-state index is 0.223. The highest BCUT2D eigenvalue weighted by atomic mass is 32.1. The van der Waals surface area contributed by atoms with Crippen molar-refractivity contribution in [1.82, 2.24) is 14.1 Å². The van der Waals surface area contributed by atoms with Crippen LogP contribution in [0.25, 0.3) is 0 Å². The summed E-state index contributed by atoms with van der Waals surface area (Å²) >= 11 is 1.08. The number of aliphatic hydroxyl groups is 1. The number of nitrogens with two attached hydrogens (primary N) is 1. The largest absolute Gasteiger partial charge is 0.473 e. The van der Waals surface area contributed by atoms with E-state index in [4.69, 9.17) is 10.5 Å². The fourth-order valence-corrected chi connectivity index (χ4v) is 1.32. The van der Waals surface area contributed by atoms with E-state index in [1.54, 1.807) is 0 Å². The van der Waals surface area contributed by atoms with Crippen LogP contribution in [0.1, 0.15) is 6.42 Å². The summed E-state index contributed by atoms with van der Waals surface area (Å²) < 4.78 is 12.8. The van der Waals surface area contributed by atoms with Gasteiger partial charge in [-0.1, -0.05) is 0 Å². The van der Waals surface area contributed by atoms with Crippen LogP contribution in [-0.4, -0.2) is 46.2 Å². The zero-order chi connectivity index (χ0) is 10.9. The Hall–Kier alpha value is -0.760. The van der Waals surface area contributed by atoms with Crippen LogP contribution in [0.2, 0.25) is 0 Å². The molecule has 0 aliphatic heterocycles. The number of nitrogens with one attached hydrogen (secondary N) is 1. The Balaban J connectivity index is 2.01. The van der Waals surface area contributed by atoms with Crippen LogP contribution in [0.4, 0.5) is 0 Å². The van der Waals surface area contributed by atoms with Crippen LogP contribution in [0.15, 0.2) is 6.20 Å². The molecule has 15 heavy (non-hydrogen) atoms. The van der Waals surface area contributed by atoms with Gasteiger partial charge in [0.25, 0.3) is 0 Å². The quantitative estimate of drug-likeness (QED) is 0.509. The molecule has 0 spiro atoms. The molecule has 1 unspecified atom stereocenters. The lowest BCUT2D eigenvalue weighted by molar-refractivity contribution is 0.104. The summed E-state index contributed by atoms with van der Waals surface area (Å²) in [6.45, 7) is 2.19. The van der Waals surface area contributed by atoms with Gasteiger partial charge in [0.15, 0.2) is 0 Å². The molecule has 1 aromatic rings. The molecule has 7 heteroatoms. The van der Waals surface area contributed by atoms with E-state index in [1.165, 1.54) is 6.20 Å². The summed E-state index contributed by atoms with van der Waals surface area (Å²) in [5.74, 6) is 0.459. The van der Waals surface area contributed by atoms with Crippen LogP contribution in [-0.2, 0) is 0 Å². The van der Waals surface area contributed by atoms with Crippen molar-refractivity contribution < 1.29 is 9.84 Å². The maximum Gasteiger partial charge on any atom is 0.245 e. The minimum Gasteiger partial charge on any atom is -0.473 e. The smallest absolute Gasteiger partial charge is 0.245 e. The minimum atomic E-state index is -0.538. The maximum atomic E-state index is 9.48. The van der Waals surface area contributed by atoms with Gasteiger partial charge in [0.1, 0.15) is 18.9 Å². The number of hydrogen-bond donors (Lipinski definition) is 3. The van der Waals surface area contributed by atoms with E-state index in [0.717, 1.165) is 24.7 Å². The second-order valence-corrected chi connectivity index (χ2v) is 3.61. The molecule has 0 radical (unpaired) electrons. The summed E-state index contributed by atoms with van der Waals surface area (Å²) in [4.78, 5) is 0. The van der Waals surface area contributed by atoms with Crippen molar-refractivity contribution in [2.24, 2.45) is 5.73 Å². The third-order valence-electron chi connectivity index (χ3n) is 1.70. The van der Waals surface area contributed by atoms with Gasteiger partial charge in [0.2, 0.25) is 5.88 Å². The first kappa shape index (κ1) is 12.3. The van der Waals surface area contributed by atoms with Gasteiger partial charge in [0, 0.05) is 6.54 Å². The molecule has 0 bridgehead atoms. The van der Waals surface area contributed by atoms with Crippen molar-refractivity contribution in [1.29, 1.82) is 0 Å². The van der Waals surface area contributed by atoms with E-state index >= 15 is 0 Å². The van der Waals surface area contributed by atoms with Crippen LogP contribution in [0.3, 0.4) is 0 Å². The molecule has 0 saturated heterocycles. The van der Waals surface area contributed by atoms with Crippen molar-refractivity contribution in [3.8, 4) is 5.88 Å². The molecule has 0 fully saturated rings. The monoisotopic (exact) mass is 232 g/mol. The van der Waals surface area contributed by atoms with Crippen LogP contribution >= 0.6 is 11.7 Å². The van der Waals surface area contributed by atoms with Crippen molar-refractivity contribution in [3.63, 3.8) is 0 Å². The van der Waals surface area contributed by atoms with Crippen molar-refractivity contribution in [2.45, 2.75) is 12.5 Å². The van der Waals surface area contributed by atoms with Gasteiger partial charge in [-0.05, 0) is 19.5 Å². The molecule has 86 valence electrons. The Bertz CT molecular complexity index is 245. The molecule has 0 aromatic carbocycles. The second-order valence-electron chi connectivity index (χ2n) is 3.06. The summed E-state index contributed by atoms with van der Waals surface area (Å²) in [6.07, 6.45) is 1.90. The molecule has 1 aromatic heterocycles. The topological polar surface area (TPSA) is 93.3 Å². The summed E-state index contributed by atoms with van der Waals surface area (Å²) in [5.41, 5.74) is 5.33. The lowest BCUT2D eigenvalue weighted by Crippen LogP contribution is -2.32. The van der Waals surface area contributed by atoms with Gasteiger partial charge < -0.3 is 20.9 Å². The van der Waals surface area contributed by atoms with E-state index in [-0.39, 0.29) is 6.61 Å². The fraction of sp³-hybridized carbons (Fsp3) is 0.750. The first-order valence-corrected chi connectivity index (χ1v) is 5.55. The molecule has 0 saturated carbocycles. The second kappa shape index (κ2) is 7.52. The Morgan fingerprint density at radius 3 is 3.20 bits per heavy atom. The maximum absolute atomic E-state index is 9.48. The standard InChI is InChI=1S/C8H16N4O2S/c9-2-1-3-10-4-7(13)6-14-8-5-11-15-12-8/h5,7,10,13H,1-4,6,9H2. The average molecular weight is 232 g/mol. The number of hydrogen-bond acceptors (Lipinski definition) is 7. The molecule has 0 aliphatic rings. The summed E-state index contributed by atoms with van der Waals surface area (Å²) in [7, 11) is 0. The average Bonchev–Trinajstić information content (AvgIpc) is 2.74. The van der Waals surface area contributed by atoms with Gasteiger partial charge in [-0.15, -0.1) is 4.37 Å². The lowest BCUT2D eigenvalue weighted by Gasteiger charge is -2.11. The highest BCUT2D eigenvalue weighted by Gasteiger charge is 2.05. The Labute approximate surface area is 92.8 Å². The molecule has 6 nitrogen and oxygen atoms in total. The summed E-state index contributed by atoms with van der Waals surface area (Å²) in [5, 5.41) is 12.6. The Morgan fingerprint density at radius 1 is 1.67 bits per heavy atom. The Kier molecular flexibility index (Phi) is 6.17. The van der Waals surface area contributed by atoms with Crippen LogP contribution in [0, 0.1) is 0 Å². The van der Waals surface area contributed by atoms with Gasteiger partial charge in [-0.25, -0.2) is 0 Å². The molecule has 0 amide bonds. The van der Waals surface area contributed by atoms with Crippen molar-refractivity contribution in [3.05, 3.63) is 6.20 Å². The number of rotatable bonds is 8. The van der Waals surface area contributed by atoms with Gasteiger partial charge >= 0.3 is 0 Å². The first-order chi connectivity index (χ1) is 7.33. The molecule has 1 rings (SSSR count). The zero-order valence-corrected chi connectivity index (χ0v) is 9.24. The highest BCUT2D eigenvalue weighted by Crippen LogP contribution is 2.04.